The van der Waals surface area contributed by atoms with Crippen LogP contribution in [0.4, 0.5) is 10.5 Å². The number of aryl methyl sites for hydroxylation is 2. The lowest BCUT2D eigenvalue weighted by molar-refractivity contribution is 0.247. The van der Waals surface area contributed by atoms with Crippen LogP contribution in [0.5, 0.6) is 0 Å². The van der Waals surface area contributed by atoms with E-state index in [0.717, 1.165) is 29.6 Å². The molecule has 0 saturated carbocycles. The van der Waals surface area contributed by atoms with Crippen molar-refractivity contribution in [1.29, 1.82) is 0 Å². The monoisotopic (exact) mass is 275 g/mol. The zero-order valence-corrected chi connectivity index (χ0v) is 12.4. The molecule has 0 atom stereocenters. The number of nitrogens with one attached hydrogen (secondary N) is 2. The quantitative estimate of drug-likeness (QED) is 0.900. The Hall–Kier alpha value is -2.11. The molecule has 2 aromatic rings. The summed E-state index contributed by atoms with van der Waals surface area (Å²) in [4.78, 5) is 16.2. The van der Waals surface area contributed by atoms with Crippen LogP contribution in [-0.4, -0.2) is 26.8 Å². The van der Waals surface area contributed by atoms with Gasteiger partial charge in [-0.25, -0.2) is 9.78 Å². The summed E-state index contributed by atoms with van der Waals surface area (Å²) >= 11 is 0. The van der Waals surface area contributed by atoms with Gasteiger partial charge in [0.05, 0.1) is 17.6 Å². The lowest BCUT2D eigenvalue weighted by Crippen LogP contribution is -2.37. The van der Waals surface area contributed by atoms with E-state index in [1.54, 1.807) is 10.9 Å². The highest BCUT2D eigenvalue weighted by Crippen LogP contribution is 2.19. The second-order valence-electron chi connectivity index (χ2n) is 4.92. The van der Waals surface area contributed by atoms with Gasteiger partial charge in [0.2, 0.25) is 0 Å². The third-order valence-corrected chi connectivity index (χ3v) is 3.44. The van der Waals surface area contributed by atoms with Gasteiger partial charge in [0, 0.05) is 18.5 Å². The van der Waals surface area contributed by atoms with Crippen molar-refractivity contribution >= 4 is 22.8 Å². The summed E-state index contributed by atoms with van der Waals surface area (Å²) < 4.78 is 1.73. The number of anilines is 1. The lowest BCUT2D eigenvalue weighted by atomic mass is 10.2. The maximum atomic E-state index is 11.9. The molecule has 2 amide bonds. The number of urea groups is 1. The van der Waals surface area contributed by atoms with Gasteiger partial charge in [-0.15, -0.1) is 0 Å². The molecule has 0 aliphatic carbocycles. The Kier molecular flexibility index (Phi) is 4.22. The smallest absolute Gasteiger partial charge is 0.319 e. The van der Waals surface area contributed by atoms with Crippen molar-refractivity contribution in [2.45, 2.75) is 39.7 Å². The van der Waals surface area contributed by atoms with Crippen molar-refractivity contribution in [3.8, 4) is 0 Å². The van der Waals surface area contributed by atoms with Crippen molar-refractivity contribution in [2.75, 3.05) is 5.32 Å². The fraction of sp³-hybridized carbons (Fsp3) is 0.500. The van der Waals surface area contributed by atoms with Gasteiger partial charge in [-0.2, -0.15) is 5.10 Å². The van der Waals surface area contributed by atoms with Gasteiger partial charge < -0.3 is 10.6 Å². The third-order valence-electron chi connectivity index (χ3n) is 3.44. The van der Waals surface area contributed by atoms with Crippen LogP contribution in [0.1, 0.15) is 32.4 Å². The number of nitrogens with zero attached hydrogens (tertiary/aromatic N) is 3. The average molecular weight is 275 g/mol. The molecule has 0 saturated heterocycles. The zero-order chi connectivity index (χ0) is 14.7. The fourth-order valence-corrected chi connectivity index (χ4v) is 2.22. The highest BCUT2D eigenvalue weighted by molar-refractivity contribution is 5.92. The first-order valence-corrected chi connectivity index (χ1v) is 6.92. The molecule has 6 nitrogen and oxygen atoms in total. The van der Waals surface area contributed by atoms with E-state index in [0.29, 0.717) is 5.69 Å². The fourth-order valence-electron chi connectivity index (χ4n) is 2.22. The predicted molar refractivity (Wildman–Crippen MR) is 79.8 cm³/mol. The van der Waals surface area contributed by atoms with Crippen LogP contribution in [0.2, 0.25) is 0 Å². The number of carbonyl (C=O) groups is 1. The molecule has 0 radical (unpaired) electrons. The molecule has 0 unspecified atom stereocenters. The molecule has 0 fully saturated rings. The Labute approximate surface area is 118 Å². The topological polar surface area (TPSA) is 71.8 Å². The first-order valence-electron chi connectivity index (χ1n) is 6.92. The summed E-state index contributed by atoms with van der Waals surface area (Å²) in [6.07, 6.45) is 3.49. The van der Waals surface area contributed by atoms with E-state index in [9.17, 15) is 4.79 Å². The van der Waals surface area contributed by atoms with Gasteiger partial charge in [-0.1, -0.05) is 13.8 Å². The van der Waals surface area contributed by atoms with Crippen molar-refractivity contribution in [3.05, 3.63) is 18.0 Å². The second kappa shape index (κ2) is 5.90. The van der Waals surface area contributed by atoms with E-state index in [4.69, 9.17) is 0 Å². The van der Waals surface area contributed by atoms with Crippen LogP contribution in [0, 0.1) is 6.92 Å². The molecule has 6 heteroatoms. The van der Waals surface area contributed by atoms with Crippen molar-refractivity contribution in [1.82, 2.24) is 20.1 Å². The van der Waals surface area contributed by atoms with E-state index in [2.05, 4.69) is 34.6 Å². The zero-order valence-electron chi connectivity index (χ0n) is 12.4. The summed E-state index contributed by atoms with van der Waals surface area (Å²) in [7, 11) is 1.86. The number of carbonyl (C=O) groups excluding carboxylic acids is 1. The summed E-state index contributed by atoms with van der Waals surface area (Å²) in [6.45, 7) is 6.04. The molecule has 0 aliphatic heterocycles. The molecule has 0 spiro atoms. The van der Waals surface area contributed by atoms with Gasteiger partial charge >= 0.3 is 6.03 Å². The summed E-state index contributed by atoms with van der Waals surface area (Å²) in [6, 6.07) is 1.91. The standard InChI is InChI=1S/C14H21N5O/c1-5-10(6-2)16-14(20)17-11-7-12-9(3)18-19(4)13(12)15-8-11/h7-8,10H,5-6H2,1-4H3,(H2,16,17,20). The number of hydrogen-bond acceptors (Lipinski definition) is 3. The third kappa shape index (κ3) is 2.89. The van der Waals surface area contributed by atoms with E-state index >= 15 is 0 Å². The van der Waals surface area contributed by atoms with Gasteiger partial charge in [-0.05, 0) is 25.8 Å². The molecule has 20 heavy (non-hydrogen) atoms. The van der Waals surface area contributed by atoms with Crippen molar-refractivity contribution < 1.29 is 4.79 Å². The maximum absolute atomic E-state index is 11.9. The largest absolute Gasteiger partial charge is 0.335 e. The van der Waals surface area contributed by atoms with Crippen LogP contribution in [-0.2, 0) is 7.05 Å². The van der Waals surface area contributed by atoms with Gasteiger partial charge in [-0.3, -0.25) is 4.68 Å². The number of aromatic nitrogens is 3. The SMILES string of the molecule is CCC(CC)NC(=O)Nc1cnc2c(c1)c(C)nn2C. The number of pyridine rings is 1. The van der Waals surface area contributed by atoms with E-state index in [1.165, 1.54) is 0 Å². The Balaban J connectivity index is 2.14. The summed E-state index contributed by atoms with van der Waals surface area (Å²) in [5, 5.41) is 11.0. The number of rotatable bonds is 4. The molecular formula is C14H21N5O. The molecule has 2 N–H and O–H groups in total. The van der Waals surface area contributed by atoms with Gasteiger partial charge in [0.1, 0.15) is 0 Å². The Bertz CT molecular complexity index is 615. The Morgan fingerprint density at radius 1 is 1.40 bits per heavy atom. The molecule has 108 valence electrons. The predicted octanol–water partition coefficient (Wildman–Crippen LogP) is 2.59. The van der Waals surface area contributed by atoms with Crippen LogP contribution in [0.15, 0.2) is 12.3 Å². The Morgan fingerprint density at radius 2 is 2.10 bits per heavy atom. The van der Waals surface area contributed by atoms with Gasteiger partial charge in [0.15, 0.2) is 5.65 Å². The molecular weight excluding hydrogens is 254 g/mol. The highest BCUT2D eigenvalue weighted by Gasteiger charge is 2.11. The minimum Gasteiger partial charge on any atom is -0.335 e. The molecule has 0 aromatic carbocycles. The first-order chi connectivity index (χ1) is 9.55. The number of amides is 2. The minimum atomic E-state index is -0.193. The van der Waals surface area contributed by atoms with E-state index in [1.807, 2.05) is 20.0 Å². The molecule has 2 heterocycles. The highest BCUT2D eigenvalue weighted by atomic mass is 16.2. The summed E-state index contributed by atoms with van der Waals surface area (Å²) in [5.74, 6) is 0. The normalized spacial score (nSPS) is 11.1. The molecule has 0 bridgehead atoms. The first kappa shape index (κ1) is 14.3. The Morgan fingerprint density at radius 3 is 2.75 bits per heavy atom. The molecule has 2 aromatic heterocycles. The van der Waals surface area contributed by atoms with E-state index < -0.39 is 0 Å². The van der Waals surface area contributed by atoms with Crippen molar-refractivity contribution in [2.24, 2.45) is 7.05 Å². The molecule has 2 rings (SSSR count). The lowest BCUT2D eigenvalue weighted by Gasteiger charge is -2.15. The second-order valence-corrected chi connectivity index (χ2v) is 4.92. The van der Waals surface area contributed by atoms with Crippen LogP contribution in [0.3, 0.4) is 0 Å². The summed E-state index contributed by atoms with van der Waals surface area (Å²) in [5.41, 5.74) is 2.39. The molecule has 0 aliphatic rings. The number of hydrogen-bond donors (Lipinski definition) is 2. The average Bonchev–Trinajstić information content (AvgIpc) is 2.71. The van der Waals surface area contributed by atoms with Gasteiger partial charge in [0.25, 0.3) is 0 Å². The van der Waals surface area contributed by atoms with E-state index in [-0.39, 0.29) is 12.1 Å². The minimum absolute atomic E-state index is 0.193. The van der Waals surface area contributed by atoms with Crippen LogP contribution >= 0.6 is 0 Å². The number of fused-ring (bicyclic) bond motifs is 1. The maximum Gasteiger partial charge on any atom is 0.319 e. The van der Waals surface area contributed by atoms with Crippen LogP contribution < -0.4 is 10.6 Å². The van der Waals surface area contributed by atoms with Crippen LogP contribution in [0.25, 0.3) is 11.0 Å². The van der Waals surface area contributed by atoms with Crippen molar-refractivity contribution in [3.63, 3.8) is 0 Å².